The third-order valence-corrected chi connectivity index (χ3v) is 3.83. The Morgan fingerprint density at radius 3 is 2.08 bits per heavy atom. The normalized spacial score (nSPS) is 13.2. The van der Waals surface area contributed by atoms with Crippen LogP contribution < -0.4 is 10.6 Å². The van der Waals surface area contributed by atoms with Crippen LogP contribution in [0, 0.1) is 0 Å². The molecule has 3 N–H and O–H groups in total. The second-order valence-electron chi connectivity index (χ2n) is 6.53. The number of hydrogen-bond donors (Lipinski definition) is 3. The number of carbonyl (C=O) groups excluding carboxylic acids is 2. The minimum atomic E-state index is -1.27. The van der Waals surface area contributed by atoms with Crippen molar-refractivity contribution in [2.75, 3.05) is 6.54 Å². The van der Waals surface area contributed by atoms with Crippen LogP contribution in [0.25, 0.3) is 11.1 Å². The molecule has 0 aromatic heterocycles. The fourth-order valence-corrected chi connectivity index (χ4v) is 2.41. The van der Waals surface area contributed by atoms with E-state index in [-0.39, 0.29) is 12.6 Å². The summed E-state index contributed by atoms with van der Waals surface area (Å²) in [6.07, 6.45) is 0. The highest BCUT2D eigenvalue weighted by Gasteiger charge is 2.25. The lowest BCUT2D eigenvalue weighted by Crippen LogP contribution is -2.46. The minimum absolute atomic E-state index is 0.0535. The van der Waals surface area contributed by atoms with E-state index in [1.807, 2.05) is 54.6 Å². The third kappa shape index (κ3) is 5.16. The topological polar surface area (TPSA) is 78.4 Å². The Balaban J connectivity index is 2.02. The molecule has 0 saturated heterocycles. The molecule has 0 saturated carbocycles. The monoisotopic (exact) mass is 340 g/mol. The molecule has 2 aromatic rings. The van der Waals surface area contributed by atoms with Gasteiger partial charge < -0.3 is 15.7 Å². The number of benzene rings is 2. The summed E-state index contributed by atoms with van der Waals surface area (Å²) in [5.41, 5.74) is 1.52. The zero-order valence-electron chi connectivity index (χ0n) is 14.7. The van der Waals surface area contributed by atoms with Gasteiger partial charge in [-0.25, -0.2) is 0 Å². The number of nitrogens with one attached hydrogen (secondary N) is 2. The molecular formula is C20H24N2O3. The van der Waals surface area contributed by atoms with Gasteiger partial charge in [0.25, 0.3) is 0 Å². The first-order valence-corrected chi connectivity index (χ1v) is 8.26. The van der Waals surface area contributed by atoms with Crippen molar-refractivity contribution in [1.82, 2.24) is 10.6 Å². The van der Waals surface area contributed by atoms with E-state index in [1.54, 1.807) is 20.8 Å². The van der Waals surface area contributed by atoms with Crippen LogP contribution in [-0.4, -0.2) is 29.5 Å². The molecule has 5 nitrogen and oxygen atoms in total. The van der Waals surface area contributed by atoms with Gasteiger partial charge in [-0.2, -0.15) is 0 Å². The summed E-state index contributed by atoms with van der Waals surface area (Å²) < 4.78 is 0. The van der Waals surface area contributed by atoms with Crippen LogP contribution in [0.2, 0.25) is 0 Å². The molecule has 25 heavy (non-hydrogen) atoms. The fraction of sp³-hybridized carbons (Fsp3) is 0.300. The second-order valence-corrected chi connectivity index (χ2v) is 6.53. The predicted molar refractivity (Wildman–Crippen MR) is 97.7 cm³/mol. The van der Waals surface area contributed by atoms with E-state index in [2.05, 4.69) is 10.6 Å². The molecule has 0 fully saturated rings. The quantitative estimate of drug-likeness (QED) is 0.730. The van der Waals surface area contributed by atoms with Gasteiger partial charge in [-0.1, -0.05) is 54.6 Å². The maximum Gasteiger partial charge on any atom is 0.309 e. The minimum Gasteiger partial charge on any atom is -0.384 e. The fourth-order valence-electron chi connectivity index (χ4n) is 2.41. The van der Waals surface area contributed by atoms with E-state index < -0.39 is 17.4 Å². The zero-order chi connectivity index (χ0) is 18.4. The lowest BCUT2D eigenvalue weighted by Gasteiger charge is -2.24. The Morgan fingerprint density at radius 2 is 1.52 bits per heavy atom. The Labute approximate surface area is 148 Å². The maximum atomic E-state index is 11.8. The van der Waals surface area contributed by atoms with Gasteiger partial charge in [-0.15, -0.1) is 0 Å². The molecule has 0 radical (unpaired) electrons. The number of rotatable bonds is 5. The molecular weight excluding hydrogens is 316 g/mol. The molecule has 132 valence electrons. The van der Waals surface area contributed by atoms with Crippen molar-refractivity contribution >= 4 is 11.8 Å². The standard InChI is InChI=1S/C20H24N2O3/c1-14(2)22-19(24)18(23)21-13-20(3,25)17-11-9-16(10-12-17)15-7-5-4-6-8-15/h4-12,14,25H,13H2,1-3H3,(H,21,23)(H,22,24)/t20-/m1/s1. The van der Waals surface area contributed by atoms with Crippen LogP contribution in [-0.2, 0) is 15.2 Å². The van der Waals surface area contributed by atoms with Gasteiger partial charge in [0.1, 0.15) is 5.60 Å². The van der Waals surface area contributed by atoms with Gasteiger partial charge in [-0.05, 0) is 37.5 Å². The number of carbonyl (C=O) groups is 2. The van der Waals surface area contributed by atoms with Gasteiger partial charge >= 0.3 is 11.8 Å². The molecule has 0 bridgehead atoms. The Hall–Kier alpha value is -2.66. The van der Waals surface area contributed by atoms with Crippen molar-refractivity contribution in [2.24, 2.45) is 0 Å². The summed E-state index contributed by atoms with van der Waals surface area (Å²) in [6, 6.07) is 17.3. The van der Waals surface area contributed by atoms with Gasteiger partial charge in [0.2, 0.25) is 0 Å². The molecule has 2 amide bonds. The highest BCUT2D eigenvalue weighted by atomic mass is 16.3. The van der Waals surface area contributed by atoms with Crippen molar-refractivity contribution < 1.29 is 14.7 Å². The van der Waals surface area contributed by atoms with Crippen LogP contribution in [0.4, 0.5) is 0 Å². The molecule has 0 aliphatic heterocycles. The number of aliphatic hydroxyl groups is 1. The van der Waals surface area contributed by atoms with Gasteiger partial charge in [-0.3, -0.25) is 9.59 Å². The van der Waals surface area contributed by atoms with Crippen LogP contribution >= 0.6 is 0 Å². The highest BCUT2D eigenvalue weighted by molar-refractivity contribution is 6.35. The average Bonchev–Trinajstić information content (AvgIpc) is 2.60. The summed E-state index contributed by atoms with van der Waals surface area (Å²) in [5, 5.41) is 15.6. The summed E-state index contributed by atoms with van der Waals surface area (Å²) >= 11 is 0. The third-order valence-electron chi connectivity index (χ3n) is 3.83. The second kappa shape index (κ2) is 7.94. The predicted octanol–water partition coefficient (Wildman–Crippen LogP) is 2.20. The van der Waals surface area contributed by atoms with E-state index in [4.69, 9.17) is 0 Å². The molecule has 0 heterocycles. The van der Waals surface area contributed by atoms with E-state index in [9.17, 15) is 14.7 Å². The van der Waals surface area contributed by atoms with Crippen LogP contribution in [0.15, 0.2) is 54.6 Å². The molecule has 0 unspecified atom stereocenters. The first kappa shape index (κ1) is 18.7. The summed E-state index contributed by atoms with van der Waals surface area (Å²) in [7, 11) is 0. The molecule has 1 atom stereocenters. The van der Waals surface area contributed by atoms with Crippen molar-refractivity contribution in [3.8, 4) is 11.1 Å². The lowest BCUT2D eigenvalue weighted by molar-refractivity contribution is -0.140. The molecule has 0 spiro atoms. The SMILES string of the molecule is CC(C)NC(=O)C(=O)NC[C@@](C)(O)c1ccc(-c2ccccc2)cc1. The van der Waals surface area contributed by atoms with Crippen LogP contribution in [0.5, 0.6) is 0 Å². The van der Waals surface area contributed by atoms with E-state index in [0.717, 1.165) is 11.1 Å². The van der Waals surface area contributed by atoms with Gasteiger partial charge in [0.05, 0.1) is 6.54 Å². The molecule has 2 rings (SSSR count). The maximum absolute atomic E-state index is 11.8. The first-order valence-electron chi connectivity index (χ1n) is 8.26. The van der Waals surface area contributed by atoms with Crippen molar-refractivity contribution in [3.63, 3.8) is 0 Å². The summed E-state index contributed by atoms with van der Waals surface area (Å²) in [6.45, 7) is 5.10. The average molecular weight is 340 g/mol. The highest BCUT2D eigenvalue weighted by Crippen LogP contribution is 2.24. The Morgan fingerprint density at radius 1 is 0.960 bits per heavy atom. The van der Waals surface area contributed by atoms with Gasteiger partial charge in [0, 0.05) is 6.04 Å². The Bertz CT molecular complexity index is 722. The first-order chi connectivity index (χ1) is 11.8. The van der Waals surface area contributed by atoms with Crippen LogP contribution in [0.3, 0.4) is 0 Å². The zero-order valence-corrected chi connectivity index (χ0v) is 14.7. The molecule has 0 aliphatic carbocycles. The van der Waals surface area contributed by atoms with Crippen LogP contribution in [0.1, 0.15) is 26.3 Å². The number of hydrogen-bond acceptors (Lipinski definition) is 3. The largest absolute Gasteiger partial charge is 0.384 e. The summed E-state index contributed by atoms with van der Waals surface area (Å²) in [5.74, 6) is -1.46. The number of amides is 2. The molecule has 0 aliphatic rings. The smallest absolute Gasteiger partial charge is 0.309 e. The molecule has 2 aromatic carbocycles. The van der Waals surface area contributed by atoms with Crippen molar-refractivity contribution in [2.45, 2.75) is 32.4 Å². The van der Waals surface area contributed by atoms with Gasteiger partial charge in [0.15, 0.2) is 0 Å². The lowest BCUT2D eigenvalue weighted by atomic mass is 9.93. The summed E-state index contributed by atoms with van der Waals surface area (Å²) in [4.78, 5) is 23.4. The Kier molecular flexibility index (Phi) is 5.93. The van der Waals surface area contributed by atoms with E-state index in [0.29, 0.717) is 5.56 Å². The van der Waals surface area contributed by atoms with Crippen molar-refractivity contribution in [3.05, 3.63) is 60.2 Å². The van der Waals surface area contributed by atoms with E-state index in [1.165, 1.54) is 0 Å². The van der Waals surface area contributed by atoms with Crippen molar-refractivity contribution in [1.29, 1.82) is 0 Å². The molecule has 5 heteroatoms. The van der Waals surface area contributed by atoms with E-state index >= 15 is 0 Å².